The highest BCUT2D eigenvalue weighted by Gasteiger charge is 2.50. The summed E-state index contributed by atoms with van der Waals surface area (Å²) in [5.74, 6) is 3.99. The van der Waals surface area contributed by atoms with Crippen LogP contribution in [0, 0.1) is 17.8 Å². The lowest BCUT2D eigenvalue weighted by molar-refractivity contribution is -0.0208. The minimum Gasteiger partial charge on any atom is -0.361 e. The molecule has 128 valence electrons. The molecule has 4 aliphatic carbocycles. The van der Waals surface area contributed by atoms with E-state index in [0.717, 1.165) is 42.2 Å². The molecule has 0 spiro atoms. The number of thioether (sulfide) groups is 1. The average molecular weight is 335 g/mol. The Balaban J connectivity index is 1.37. The second kappa shape index (κ2) is 5.80. The highest BCUT2D eigenvalue weighted by Crippen LogP contribution is 2.55. The largest absolute Gasteiger partial charge is 0.361 e. The molecular formula is C19H30N2OS. The molecule has 0 aromatic carbocycles. The number of hydrogen-bond donors (Lipinski definition) is 1. The summed E-state index contributed by atoms with van der Waals surface area (Å²) in [4.78, 5) is 0. The van der Waals surface area contributed by atoms with Gasteiger partial charge in [0, 0.05) is 29.3 Å². The molecule has 1 aromatic rings. The molecule has 4 heteroatoms. The van der Waals surface area contributed by atoms with E-state index in [1.165, 1.54) is 38.5 Å². The molecule has 5 rings (SSSR count). The SMILES string of the molecule is CSC(C)(C)Cc1cc(CNC23CC4CC(CC(C4)C2)C3)no1. The predicted octanol–water partition coefficient (Wildman–Crippen LogP) is 4.42. The monoisotopic (exact) mass is 334 g/mol. The molecule has 0 saturated heterocycles. The van der Waals surface area contributed by atoms with Crippen LogP contribution in [0.2, 0.25) is 0 Å². The molecule has 1 heterocycles. The smallest absolute Gasteiger partial charge is 0.138 e. The van der Waals surface area contributed by atoms with Crippen LogP contribution in [0.3, 0.4) is 0 Å². The van der Waals surface area contributed by atoms with Crippen molar-refractivity contribution in [1.29, 1.82) is 0 Å². The van der Waals surface area contributed by atoms with Crippen LogP contribution in [-0.2, 0) is 13.0 Å². The maximum Gasteiger partial charge on any atom is 0.138 e. The third kappa shape index (κ3) is 3.34. The van der Waals surface area contributed by atoms with Crippen molar-refractivity contribution >= 4 is 11.8 Å². The first-order chi connectivity index (χ1) is 11.0. The number of nitrogens with zero attached hydrogens (tertiary/aromatic N) is 1. The summed E-state index contributed by atoms with van der Waals surface area (Å²) in [6, 6.07) is 2.16. The molecule has 0 unspecified atom stereocenters. The lowest BCUT2D eigenvalue weighted by Crippen LogP contribution is -2.58. The summed E-state index contributed by atoms with van der Waals surface area (Å²) in [6.45, 7) is 5.39. The quantitative estimate of drug-likeness (QED) is 0.836. The zero-order valence-electron chi connectivity index (χ0n) is 14.7. The minimum absolute atomic E-state index is 0.212. The number of nitrogens with one attached hydrogen (secondary N) is 1. The summed E-state index contributed by atoms with van der Waals surface area (Å²) in [7, 11) is 0. The number of rotatable bonds is 6. The first-order valence-electron chi connectivity index (χ1n) is 9.20. The van der Waals surface area contributed by atoms with Crippen molar-refractivity contribution in [2.45, 2.75) is 75.6 Å². The molecule has 4 fully saturated rings. The Morgan fingerprint density at radius 1 is 1.22 bits per heavy atom. The lowest BCUT2D eigenvalue weighted by atomic mass is 9.53. The topological polar surface area (TPSA) is 38.1 Å². The van der Waals surface area contributed by atoms with Crippen molar-refractivity contribution in [3.63, 3.8) is 0 Å². The van der Waals surface area contributed by atoms with E-state index in [4.69, 9.17) is 4.52 Å². The Hall–Kier alpha value is -0.480. The van der Waals surface area contributed by atoms with Gasteiger partial charge in [-0.15, -0.1) is 0 Å². The van der Waals surface area contributed by atoms with Gasteiger partial charge in [-0.3, -0.25) is 0 Å². The van der Waals surface area contributed by atoms with Crippen molar-refractivity contribution in [2.24, 2.45) is 17.8 Å². The maximum atomic E-state index is 5.57. The lowest BCUT2D eigenvalue weighted by Gasteiger charge is -2.57. The fraction of sp³-hybridized carbons (Fsp3) is 0.842. The molecule has 1 N–H and O–H groups in total. The van der Waals surface area contributed by atoms with Crippen molar-refractivity contribution in [3.05, 3.63) is 17.5 Å². The zero-order valence-corrected chi connectivity index (χ0v) is 15.5. The third-order valence-electron chi connectivity index (χ3n) is 6.44. The molecule has 0 aliphatic heterocycles. The Labute approximate surface area is 144 Å². The second-order valence-corrected chi connectivity index (χ2v) is 10.5. The summed E-state index contributed by atoms with van der Waals surface area (Å²) in [6.07, 6.45) is 11.8. The minimum atomic E-state index is 0.212. The third-order valence-corrected chi connectivity index (χ3v) is 7.69. The van der Waals surface area contributed by atoms with Gasteiger partial charge in [-0.1, -0.05) is 19.0 Å². The van der Waals surface area contributed by atoms with E-state index in [0.29, 0.717) is 5.54 Å². The Morgan fingerprint density at radius 2 is 1.83 bits per heavy atom. The van der Waals surface area contributed by atoms with Crippen LogP contribution in [-0.4, -0.2) is 21.7 Å². The van der Waals surface area contributed by atoms with Crippen LogP contribution in [0.4, 0.5) is 0 Å². The highest BCUT2D eigenvalue weighted by atomic mass is 32.2. The van der Waals surface area contributed by atoms with Crippen LogP contribution in [0.15, 0.2) is 10.6 Å². The Bertz CT molecular complexity index is 530. The van der Waals surface area contributed by atoms with E-state index in [2.05, 4.69) is 36.6 Å². The first kappa shape index (κ1) is 16.0. The van der Waals surface area contributed by atoms with Gasteiger partial charge in [0.15, 0.2) is 0 Å². The van der Waals surface area contributed by atoms with Crippen molar-refractivity contribution in [3.8, 4) is 0 Å². The summed E-state index contributed by atoms with van der Waals surface area (Å²) < 4.78 is 5.78. The molecule has 0 radical (unpaired) electrons. The van der Waals surface area contributed by atoms with E-state index >= 15 is 0 Å². The molecule has 23 heavy (non-hydrogen) atoms. The van der Waals surface area contributed by atoms with Gasteiger partial charge in [0.05, 0.1) is 5.69 Å². The maximum absolute atomic E-state index is 5.57. The van der Waals surface area contributed by atoms with Crippen LogP contribution < -0.4 is 5.32 Å². The van der Waals surface area contributed by atoms with E-state index in [9.17, 15) is 0 Å². The summed E-state index contributed by atoms with van der Waals surface area (Å²) >= 11 is 1.88. The van der Waals surface area contributed by atoms with Crippen LogP contribution >= 0.6 is 11.8 Å². The van der Waals surface area contributed by atoms with Gasteiger partial charge < -0.3 is 9.84 Å². The van der Waals surface area contributed by atoms with E-state index in [1.54, 1.807) is 0 Å². The van der Waals surface area contributed by atoms with E-state index < -0.39 is 0 Å². The summed E-state index contributed by atoms with van der Waals surface area (Å²) in [5, 5.41) is 8.21. The first-order valence-corrected chi connectivity index (χ1v) is 10.4. The van der Waals surface area contributed by atoms with Crippen molar-refractivity contribution in [2.75, 3.05) is 6.26 Å². The Morgan fingerprint density at radius 3 is 2.39 bits per heavy atom. The van der Waals surface area contributed by atoms with Gasteiger partial charge in [-0.25, -0.2) is 0 Å². The van der Waals surface area contributed by atoms with Crippen molar-refractivity contribution in [1.82, 2.24) is 10.5 Å². The standard InChI is InChI=1S/C19H30N2OS/c1-18(2,23-3)11-17-7-16(21-22-17)12-20-19-8-13-4-14(9-19)6-15(5-13)10-19/h7,13-15,20H,4-6,8-12H2,1-3H3. The molecule has 4 bridgehead atoms. The van der Waals surface area contributed by atoms with E-state index in [-0.39, 0.29) is 4.75 Å². The molecule has 3 nitrogen and oxygen atoms in total. The zero-order chi connectivity index (χ0) is 16.1. The van der Waals surface area contributed by atoms with Gasteiger partial charge in [0.25, 0.3) is 0 Å². The molecule has 1 aromatic heterocycles. The van der Waals surface area contributed by atoms with Crippen LogP contribution in [0.5, 0.6) is 0 Å². The highest BCUT2D eigenvalue weighted by molar-refractivity contribution is 7.99. The van der Waals surface area contributed by atoms with Crippen LogP contribution in [0.1, 0.15) is 63.8 Å². The molecule has 4 saturated carbocycles. The number of aromatic nitrogens is 1. The fourth-order valence-corrected chi connectivity index (χ4v) is 5.91. The predicted molar refractivity (Wildman–Crippen MR) is 95.5 cm³/mol. The van der Waals surface area contributed by atoms with Gasteiger partial charge in [0.1, 0.15) is 5.76 Å². The number of hydrogen-bond acceptors (Lipinski definition) is 4. The Kier molecular flexibility index (Phi) is 4.04. The molecule has 4 aliphatic rings. The molecule has 0 amide bonds. The summed E-state index contributed by atoms with van der Waals surface area (Å²) in [5.41, 5.74) is 1.49. The van der Waals surface area contributed by atoms with Gasteiger partial charge in [-0.2, -0.15) is 11.8 Å². The normalized spacial score (nSPS) is 35.9. The van der Waals surface area contributed by atoms with Gasteiger partial charge in [-0.05, 0) is 62.5 Å². The fourth-order valence-electron chi connectivity index (χ4n) is 5.62. The second-order valence-electron chi connectivity index (χ2n) is 8.98. The van der Waals surface area contributed by atoms with E-state index in [1.807, 2.05) is 11.8 Å². The van der Waals surface area contributed by atoms with Gasteiger partial charge >= 0.3 is 0 Å². The molecular weight excluding hydrogens is 304 g/mol. The average Bonchev–Trinajstić information content (AvgIpc) is 2.91. The van der Waals surface area contributed by atoms with Crippen molar-refractivity contribution < 1.29 is 4.52 Å². The van der Waals surface area contributed by atoms with Gasteiger partial charge in [0.2, 0.25) is 0 Å². The molecule has 0 atom stereocenters. The van der Waals surface area contributed by atoms with Crippen LogP contribution in [0.25, 0.3) is 0 Å².